The van der Waals surface area contributed by atoms with Gasteiger partial charge in [0.05, 0.1) is 44.5 Å². The van der Waals surface area contributed by atoms with E-state index in [0.29, 0.717) is 38.7 Å². The molecule has 0 radical (unpaired) electrons. The number of benzene rings is 4. The van der Waals surface area contributed by atoms with Gasteiger partial charge in [-0.25, -0.2) is 9.79 Å². The van der Waals surface area contributed by atoms with Crippen molar-refractivity contribution in [1.82, 2.24) is 4.57 Å². The maximum atomic E-state index is 14.2. The molecule has 0 N–H and O–H groups in total. The molecular weight excluding hydrogens is 732 g/mol. The van der Waals surface area contributed by atoms with Crippen LogP contribution < -0.4 is 24.4 Å². The van der Waals surface area contributed by atoms with Crippen LogP contribution >= 0.6 is 43.2 Å². The van der Waals surface area contributed by atoms with Gasteiger partial charge in [-0.05, 0) is 85.8 Å². The highest BCUT2D eigenvalue weighted by Gasteiger charge is 2.35. The molecule has 46 heavy (non-hydrogen) atoms. The zero-order valence-electron chi connectivity index (χ0n) is 24.9. The van der Waals surface area contributed by atoms with E-state index in [4.69, 9.17) is 19.2 Å². The monoisotopic (exact) mass is 758 g/mol. The standard InChI is InChI=1S/C36H28Br2N2O5S/c1-3-44-35(42)30-31(24-13-8-5-9-14-24)39-36-40(32(30)25-15-10-16-26(20-25)43-2)34(41)29(46-36)19-23-17-27(37)33(28(38)18-23)45-21-22-11-6-4-7-12-22/h4-20,32H,3,21H2,1-2H3/b29-19-/t32-/m1/s1. The minimum atomic E-state index is -0.796. The van der Waals surface area contributed by atoms with E-state index in [2.05, 4.69) is 31.9 Å². The van der Waals surface area contributed by atoms with Crippen LogP contribution in [0.2, 0.25) is 0 Å². The summed E-state index contributed by atoms with van der Waals surface area (Å²) in [6.45, 7) is 2.34. The zero-order valence-corrected chi connectivity index (χ0v) is 28.9. The van der Waals surface area contributed by atoms with E-state index in [1.54, 1.807) is 18.6 Å². The highest BCUT2D eigenvalue weighted by atomic mass is 79.9. The van der Waals surface area contributed by atoms with Crippen molar-refractivity contribution in [3.8, 4) is 11.5 Å². The quantitative estimate of drug-likeness (QED) is 0.151. The molecule has 0 spiro atoms. The Labute approximate surface area is 286 Å². The smallest absolute Gasteiger partial charge is 0.338 e. The van der Waals surface area contributed by atoms with E-state index >= 15 is 0 Å². The van der Waals surface area contributed by atoms with Crippen LogP contribution in [0, 0.1) is 0 Å². The predicted molar refractivity (Wildman–Crippen MR) is 187 cm³/mol. The normalized spacial score (nSPS) is 14.4. The number of halogens is 2. The number of nitrogens with zero attached hydrogens (tertiary/aromatic N) is 2. The molecule has 6 rings (SSSR count). The molecule has 2 heterocycles. The Hall–Kier alpha value is -4.25. The van der Waals surface area contributed by atoms with Crippen LogP contribution in [0.15, 0.2) is 121 Å². The summed E-state index contributed by atoms with van der Waals surface area (Å²) in [7, 11) is 1.58. The van der Waals surface area contributed by atoms with Crippen molar-refractivity contribution in [3.63, 3.8) is 0 Å². The molecule has 10 heteroatoms. The van der Waals surface area contributed by atoms with E-state index in [1.807, 2.05) is 103 Å². The second-order valence-corrected chi connectivity index (χ2v) is 13.0. The van der Waals surface area contributed by atoms with Crippen LogP contribution in [0.5, 0.6) is 11.5 Å². The first kappa shape index (κ1) is 31.7. The van der Waals surface area contributed by atoms with Gasteiger partial charge in [0, 0.05) is 5.56 Å². The fourth-order valence-electron chi connectivity index (χ4n) is 5.25. The molecule has 1 aliphatic rings. The highest BCUT2D eigenvalue weighted by molar-refractivity contribution is 9.11. The number of hydrogen-bond donors (Lipinski definition) is 0. The molecule has 4 aromatic carbocycles. The van der Waals surface area contributed by atoms with Crippen LogP contribution in [0.1, 0.15) is 35.2 Å². The number of carbonyl (C=O) groups is 1. The van der Waals surface area contributed by atoms with Gasteiger partial charge in [-0.1, -0.05) is 84.1 Å². The Morgan fingerprint density at radius 1 is 0.957 bits per heavy atom. The summed E-state index contributed by atoms with van der Waals surface area (Å²) >= 11 is 8.55. The maximum absolute atomic E-state index is 14.2. The van der Waals surface area contributed by atoms with Crippen LogP contribution in [-0.4, -0.2) is 24.3 Å². The third-order valence-electron chi connectivity index (χ3n) is 7.33. The van der Waals surface area contributed by atoms with E-state index in [-0.39, 0.29) is 17.7 Å². The average molecular weight is 761 g/mol. The Morgan fingerprint density at radius 3 is 2.33 bits per heavy atom. The first-order valence-electron chi connectivity index (χ1n) is 14.5. The van der Waals surface area contributed by atoms with E-state index in [1.165, 1.54) is 11.3 Å². The van der Waals surface area contributed by atoms with Crippen molar-refractivity contribution in [3.05, 3.63) is 154 Å². The summed E-state index contributed by atoms with van der Waals surface area (Å²) in [6.07, 6.45) is 1.82. The molecule has 0 saturated heterocycles. The molecule has 0 saturated carbocycles. The number of carbonyl (C=O) groups excluding carboxylic acids is 1. The number of aromatic nitrogens is 1. The van der Waals surface area contributed by atoms with Crippen molar-refractivity contribution in [2.45, 2.75) is 19.6 Å². The lowest BCUT2D eigenvalue weighted by Crippen LogP contribution is -2.40. The summed E-state index contributed by atoms with van der Waals surface area (Å²) in [6, 6.07) is 29.8. The molecule has 0 fully saturated rings. The average Bonchev–Trinajstić information content (AvgIpc) is 3.38. The minimum absolute atomic E-state index is 0.175. The molecule has 232 valence electrons. The Kier molecular flexibility index (Phi) is 9.67. The minimum Gasteiger partial charge on any atom is -0.497 e. The molecule has 1 atom stereocenters. The largest absolute Gasteiger partial charge is 0.497 e. The molecule has 1 aliphatic heterocycles. The molecule has 7 nitrogen and oxygen atoms in total. The van der Waals surface area contributed by atoms with Gasteiger partial charge in [0.2, 0.25) is 0 Å². The van der Waals surface area contributed by atoms with Gasteiger partial charge in [0.25, 0.3) is 5.56 Å². The van der Waals surface area contributed by atoms with E-state index < -0.39 is 12.0 Å². The van der Waals surface area contributed by atoms with Gasteiger partial charge in [-0.2, -0.15) is 0 Å². The van der Waals surface area contributed by atoms with E-state index in [0.717, 1.165) is 25.6 Å². The van der Waals surface area contributed by atoms with Crippen molar-refractivity contribution in [2.24, 2.45) is 4.99 Å². The highest BCUT2D eigenvalue weighted by Crippen LogP contribution is 2.37. The summed E-state index contributed by atoms with van der Waals surface area (Å²) in [5.41, 5.74) is 3.74. The summed E-state index contributed by atoms with van der Waals surface area (Å²) in [4.78, 5) is 33.3. The molecule has 0 bridgehead atoms. The molecule has 5 aromatic rings. The summed E-state index contributed by atoms with van der Waals surface area (Å²) < 4.78 is 20.7. The van der Waals surface area contributed by atoms with Gasteiger partial charge in [-0.3, -0.25) is 9.36 Å². The SMILES string of the molecule is CCOC(=O)C1=C(c2ccccc2)N=c2s/c(=C\c3cc(Br)c(OCc4ccccc4)c(Br)c3)c(=O)n2[C@@H]1c1cccc(OC)c1. The number of ether oxygens (including phenoxy) is 3. The molecule has 0 aliphatic carbocycles. The number of esters is 1. The van der Waals surface area contributed by atoms with Crippen LogP contribution in [-0.2, 0) is 16.1 Å². The Morgan fingerprint density at radius 2 is 1.65 bits per heavy atom. The van der Waals surface area contributed by atoms with E-state index in [9.17, 15) is 9.59 Å². The van der Waals surface area contributed by atoms with Crippen molar-refractivity contribution >= 4 is 60.9 Å². The van der Waals surface area contributed by atoms with Gasteiger partial charge >= 0.3 is 5.97 Å². The first-order chi connectivity index (χ1) is 22.4. The fraction of sp³-hybridized carbons (Fsp3) is 0.139. The second kappa shape index (κ2) is 14.0. The van der Waals surface area contributed by atoms with Crippen LogP contribution in [0.3, 0.4) is 0 Å². The van der Waals surface area contributed by atoms with Gasteiger partial charge in [-0.15, -0.1) is 0 Å². The third-order valence-corrected chi connectivity index (χ3v) is 9.49. The third kappa shape index (κ3) is 6.51. The van der Waals surface area contributed by atoms with Gasteiger partial charge < -0.3 is 14.2 Å². The Bertz CT molecular complexity index is 2100. The van der Waals surface area contributed by atoms with Gasteiger partial charge in [0.15, 0.2) is 4.80 Å². The topological polar surface area (TPSA) is 79.1 Å². The number of thiazole rings is 1. The molecule has 1 aromatic heterocycles. The predicted octanol–water partition coefficient (Wildman–Crippen LogP) is 7.05. The summed E-state index contributed by atoms with van der Waals surface area (Å²) in [5, 5.41) is 0. The van der Waals surface area contributed by atoms with Crippen LogP contribution in [0.25, 0.3) is 11.8 Å². The molecular formula is C36H28Br2N2O5S. The second-order valence-electron chi connectivity index (χ2n) is 10.3. The molecule has 0 unspecified atom stereocenters. The number of methoxy groups -OCH3 is 1. The fourth-order valence-corrected chi connectivity index (χ4v) is 7.70. The lowest BCUT2D eigenvalue weighted by atomic mass is 9.93. The Balaban J connectivity index is 1.50. The zero-order chi connectivity index (χ0) is 32.2. The lowest BCUT2D eigenvalue weighted by Gasteiger charge is -2.26. The number of rotatable bonds is 9. The molecule has 0 amide bonds. The number of hydrogen-bond acceptors (Lipinski definition) is 7. The lowest BCUT2D eigenvalue weighted by molar-refractivity contribution is -0.138. The summed E-state index contributed by atoms with van der Waals surface area (Å²) in [5.74, 6) is 0.726. The first-order valence-corrected chi connectivity index (χ1v) is 16.9. The maximum Gasteiger partial charge on any atom is 0.338 e. The van der Waals surface area contributed by atoms with Crippen molar-refractivity contribution < 1.29 is 19.0 Å². The van der Waals surface area contributed by atoms with Gasteiger partial charge in [0.1, 0.15) is 18.1 Å². The van der Waals surface area contributed by atoms with Crippen LogP contribution in [0.4, 0.5) is 0 Å². The number of fused-ring (bicyclic) bond motifs is 1. The van der Waals surface area contributed by atoms with Crippen molar-refractivity contribution in [2.75, 3.05) is 13.7 Å². The van der Waals surface area contributed by atoms with Crippen molar-refractivity contribution in [1.29, 1.82) is 0 Å².